The van der Waals surface area contributed by atoms with Gasteiger partial charge in [-0.25, -0.2) is 13.1 Å². The van der Waals surface area contributed by atoms with Crippen LogP contribution >= 0.6 is 22.9 Å². The first-order chi connectivity index (χ1) is 12.9. The summed E-state index contributed by atoms with van der Waals surface area (Å²) in [6.45, 7) is 0. The Kier molecular flexibility index (Phi) is 4.92. The molecule has 0 amide bonds. The van der Waals surface area contributed by atoms with Gasteiger partial charge in [-0.1, -0.05) is 28.9 Å². The number of nitrogens with two attached hydrogens (primary N) is 1. The summed E-state index contributed by atoms with van der Waals surface area (Å²) in [6, 6.07) is 8.86. The van der Waals surface area contributed by atoms with E-state index in [4.69, 9.17) is 22.5 Å². The van der Waals surface area contributed by atoms with Gasteiger partial charge in [0.25, 0.3) is 0 Å². The lowest BCUT2D eigenvalue weighted by Gasteiger charge is -2.23. The minimum absolute atomic E-state index is 0.0824. The third-order valence-corrected chi connectivity index (χ3v) is 8.78. The maximum absolute atomic E-state index is 12.8. The zero-order valence-corrected chi connectivity index (χ0v) is 16.8. The molecule has 1 aromatic carbocycles. The Morgan fingerprint density at radius 3 is 2.52 bits per heavy atom. The van der Waals surface area contributed by atoms with E-state index in [9.17, 15) is 8.42 Å². The molecule has 0 radical (unpaired) electrons. The molecule has 2 aromatic rings. The molecule has 9 heteroatoms. The van der Waals surface area contributed by atoms with Crippen molar-refractivity contribution in [2.24, 2.45) is 22.7 Å². The molecule has 3 unspecified atom stereocenters. The fourth-order valence-electron chi connectivity index (χ4n) is 4.30. The van der Waals surface area contributed by atoms with Gasteiger partial charge in [-0.05, 0) is 66.8 Å². The lowest BCUT2D eigenvalue weighted by atomic mass is 9.92. The van der Waals surface area contributed by atoms with Crippen molar-refractivity contribution < 1.29 is 13.6 Å². The Morgan fingerprint density at radius 1 is 1.19 bits per heavy atom. The highest BCUT2D eigenvalue weighted by Crippen LogP contribution is 2.41. The Labute approximate surface area is 167 Å². The molecule has 1 saturated carbocycles. The molecule has 3 atom stereocenters. The molecule has 0 aliphatic heterocycles. The van der Waals surface area contributed by atoms with Crippen molar-refractivity contribution in [1.29, 1.82) is 0 Å². The number of halogens is 1. The van der Waals surface area contributed by atoms with Gasteiger partial charge in [0, 0.05) is 11.6 Å². The number of sulfonamides is 1. The van der Waals surface area contributed by atoms with Crippen LogP contribution in [0.2, 0.25) is 4.34 Å². The number of hydrogen-bond acceptors (Lipinski definition) is 5. The van der Waals surface area contributed by atoms with E-state index >= 15 is 0 Å². The molecular formula is C18H20ClN3O3S2. The predicted octanol–water partition coefficient (Wildman–Crippen LogP) is 2.97. The summed E-state index contributed by atoms with van der Waals surface area (Å²) in [5.41, 5.74) is 8.75. The summed E-state index contributed by atoms with van der Waals surface area (Å²) in [7, 11) is -3.58. The van der Waals surface area contributed by atoms with Crippen LogP contribution in [-0.2, 0) is 22.9 Å². The van der Waals surface area contributed by atoms with Crippen LogP contribution in [0.4, 0.5) is 0 Å². The molecule has 4 N–H and O–H groups in total. The van der Waals surface area contributed by atoms with Gasteiger partial charge in [-0.3, -0.25) is 0 Å². The highest BCUT2D eigenvalue weighted by Gasteiger charge is 2.41. The first-order valence-corrected chi connectivity index (χ1v) is 11.4. The number of hydrogen-bond donors (Lipinski definition) is 3. The van der Waals surface area contributed by atoms with Crippen LogP contribution in [0.5, 0.6) is 0 Å². The number of nitrogens with zero attached hydrogens (tertiary/aromatic N) is 1. The Bertz CT molecular complexity index is 1000. The average Bonchev–Trinajstić information content (AvgIpc) is 3.18. The number of fused-ring (bicyclic) bond motifs is 3. The van der Waals surface area contributed by atoms with E-state index in [1.54, 1.807) is 12.1 Å². The third kappa shape index (κ3) is 3.59. The molecular weight excluding hydrogens is 406 g/mol. The molecule has 2 aliphatic carbocycles. The number of nitrogens with one attached hydrogen (secondary N) is 1. The number of thiophene rings is 1. The van der Waals surface area contributed by atoms with Gasteiger partial charge in [0.15, 0.2) is 5.84 Å². The van der Waals surface area contributed by atoms with Gasteiger partial charge in [0.1, 0.15) is 4.21 Å². The minimum Gasteiger partial charge on any atom is -0.409 e. The van der Waals surface area contributed by atoms with E-state index in [2.05, 4.69) is 9.88 Å². The van der Waals surface area contributed by atoms with Crippen LogP contribution in [0, 0.1) is 11.8 Å². The highest BCUT2D eigenvalue weighted by molar-refractivity contribution is 7.91. The summed E-state index contributed by atoms with van der Waals surface area (Å²) in [5.74, 6) is 0.569. The van der Waals surface area contributed by atoms with Gasteiger partial charge < -0.3 is 10.9 Å². The SMILES string of the molecule is N/C(=N/O)c1ccc2c(c1)CC1CCC(C2)C1NS(=O)(=O)c1ccc(Cl)s1. The molecule has 0 spiro atoms. The van der Waals surface area contributed by atoms with Crippen LogP contribution in [0.25, 0.3) is 0 Å². The van der Waals surface area contributed by atoms with Crippen molar-refractivity contribution in [2.45, 2.75) is 35.9 Å². The summed E-state index contributed by atoms with van der Waals surface area (Å²) in [5, 5.41) is 12.0. The zero-order chi connectivity index (χ0) is 19.2. The predicted molar refractivity (Wildman–Crippen MR) is 106 cm³/mol. The number of oxime groups is 1. The van der Waals surface area contributed by atoms with Gasteiger partial charge in [-0.2, -0.15) is 0 Å². The van der Waals surface area contributed by atoms with Gasteiger partial charge in [-0.15, -0.1) is 11.3 Å². The maximum Gasteiger partial charge on any atom is 0.250 e. The van der Waals surface area contributed by atoms with Crippen LogP contribution in [0.15, 0.2) is 39.7 Å². The molecule has 6 nitrogen and oxygen atoms in total. The van der Waals surface area contributed by atoms with E-state index < -0.39 is 10.0 Å². The highest BCUT2D eigenvalue weighted by atomic mass is 35.5. The van der Waals surface area contributed by atoms with E-state index in [0.29, 0.717) is 9.90 Å². The van der Waals surface area contributed by atoms with Crippen molar-refractivity contribution in [2.75, 3.05) is 0 Å². The van der Waals surface area contributed by atoms with E-state index in [0.717, 1.165) is 42.6 Å². The van der Waals surface area contributed by atoms with Gasteiger partial charge in [0.05, 0.1) is 4.34 Å². The lowest BCUT2D eigenvalue weighted by Crippen LogP contribution is -2.41. The van der Waals surface area contributed by atoms with E-state index in [1.807, 2.05) is 18.2 Å². The molecule has 1 heterocycles. The van der Waals surface area contributed by atoms with Crippen molar-refractivity contribution in [1.82, 2.24) is 4.72 Å². The van der Waals surface area contributed by atoms with Crippen LogP contribution < -0.4 is 10.5 Å². The second-order valence-electron chi connectivity index (χ2n) is 7.18. The van der Waals surface area contributed by atoms with Gasteiger partial charge >= 0.3 is 0 Å². The fourth-order valence-corrected chi connectivity index (χ4v) is 7.17. The summed E-state index contributed by atoms with van der Waals surface area (Å²) in [4.78, 5) is 0. The topological polar surface area (TPSA) is 105 Å². The van der Waals surface area contributed by atoms with E-state index in [-0.39, 0.29) is 27.9 Å². The molecule has 2 aliphatic rings. The minimum atomic E-state index is -3.58. The largest absolute Gasteiger partial charge is 0.409 e. The Morgan fingerprint density at radius 2 is 1.89 bits per heavy atom. The zero-order valence-electron chi connectivity index (χ0n) is 14.4. The van der Waals surface area contributed by atoms with Crippen LogP contribution in [-0.4, -0.2) is 25.5 Å². The van der Waals surface area contributed by atoms with Crippen LogP contribution in [0.1, 0.15) is 29.5 Å². The standard InChI is InChI=1S/C18H20ClN3O3S2/c19-15-5-6-16(26-15)27(24,25)22-17-11-2-3-12(17)8-14-9-13(18(20)21-23)4-1-10(14)7-11/h1,4-6,9,11-12,17,22-23H,2-3,7-8H2,(H2,20,21). The molecule has 1 aromatic heterocycles. The molecule has 0 saturated heterocycles. The number of amidine groups is 1. The van der Waals surface area contributed by atoms with Crippen molar-refractivity contribution >= 4 is 38.8 Å². The van der Waals surface area contributed by atoms with E-state index in [1.165, 1.54) is 5.56 Å². The second kappa shape index (κ2) is 7.09. The maximum atomic E-state index is 12.8. The third-order valence-electron chi connectivity index (χ3n) is 5.60. The molecule has 2 bridgehead atoms. The monoisotopic (exact) mass is 425 g/mol. The number of benzene rings is 1. The summed E-state index contributed by atoms with van der Waals surface area (Å²) < 4.78 is 29.2. The quantitative estimate of drug-likeness (QED) is 0.303. The lowest BCUT2D eigenvalue weighted by molar-refractivity contribution is 0.318. The first kappa shape index (κ1) is 18.7. The molecule has 27 heavy (non-hydrogen) atoms. The molecule has 144 valence electrons. The molecule has 4 rings (SSSR count). The second-order valence-corrected chi connectivity index (χ2v) is 10.8. The van der Waals surface area contributed by atoms with Gasteiger partial charge in [0.2, 0.25) is 10.0 Å². The molecule has 1 fully saturated rings. The summed E-state index contributed by atoms with van der Waals surface area (Å²) in [6.07, 6.45) is 3.58. The summed E-state index contributed by atoms with van der Waals surface area (Å²) >= 11 is 6.98. The normalized spacial score (nSPS) is 25.2. The number of rotatable bonds is 4. The fraction of sp³-hybridized carbons (Fsp3) is 0.389. The van der Waals surface area contributed by atoms with Crippen molar-refractivity contribution in [3.05, 3.63) is 51.4 Å². The first-order valence-electron chi connectivity index (χ1n) is 8.75. The Hall–Kier alpha value is -1.61. The van der Waals surface area contributed by atoms with Crippen molar-refractivity contribution in [3.8, 4) is 0 Å². The average molecular weight is 426 g/mol. The van der Waals surface area contributed by atoms with Crippen molar-refractivity contribution in [3.63, 3.8) is 0 Å². The smallest absolute Gasteiger partial charge is 0.250 e. The van der Waals surface area contributed by atoms with Crippen LogP contribution in [0.3, 0.4) is 0 Å². The Balaban J connectivity index is 1.61.